The second kappa shape index (κ2) is 7.78. The van der Waals surface area contributed by atoms with Gasteiger partial charge in [0.2, 0.25) is 5.91 Å². The van der Waals surface area contributed by atoms with E-state index in [9.17, 15) is 14.4 Å². The molecular weight excluding hydrogens is 356 g/mol. The van der Waals surface area contributed by atoms with E-state index in [1.807, 2.05) is 0 Å². The molecule has 0 spiro atoms. The van der Waals surface area contributed by atoms with Crippen molar-refractivity contribution in [3.63, 3.8) is 0 Å². The molecule has 2 aliphatic rings. The molecule has 1 aliphatic carbocycles. The Bertz CT molecular complexity index is 951. The summed E-state index contributed by atoms with van der Waals surface area (Å²) < 4.78 is 5.64. The fraction of sp³-hybridized carbons (Fsp3) is 0.500. The number of hydrogen-bond donors (Lipinski definition) is 2. The summed E-state index contributed by atoms with van der Waals surface area (Å²) in [4.78, 5) is 37.0. The maximum Gasteiger partial charge on any atom is 0.287 e. The molecule has 4 atom stereocenters. The Balaban J connectivity index is 1.46. The van der Waals surface area contributed by atoms with Crippen LogP contribution in [0.3, 0.4) is 0 Å². The SMILES string of the molecule is CCCC1CC(=O)NC2CC(NC(=O)c3cc(=O)c4ccccc4o3)CCC12. The lowest BCUT2D eigenvalue weighted by Crippen LogP contribution is -2.55. The molecule has 1 aliphatic heterocycles. The standard InChI is InChI=1S/C22H26N2O4/c1-2-5-13-10-21(26)24-17-11-14(8-9-15(13)17)23-22(27)20-12-18(25)16-6-3-4-7-19(16)28-20/h3-4,6-7,12-15,17H,2,5,8-11H2,1H3,(H,23,27)(H,24,26). The van der Waals surface area contributed by atoms with Gasteiger partial charge >= 0.3 is 0 Å². The normalized spacial score (nSPS) is 27.1. The van der Waals surface area contributed by atoms with E-state index in [0.717, 1.165) is 32.1 Å². The van der Waals surface area contributed by atoms with Crippen molar-refractivity contribution in [1.82, 2.24) is 10.6 Å². The average molecular weight is 382 g/mol. The molecule has 1 saturated heterocycles. The van der Waals surface area contributed by atoms with Crippen molar-refractivity contribution in [2.45, 2.75) is 57.5 Å². The number of amides is 2. The van der Waals surface area contributed by atoms with Crippen molar-refractivity contribution in [1.29, 1.82) is 0 Å². The van der Waals surface area contributed by atoms with Gasteiger partial charge in [-0.15, -0.1) is 0 Å². The van der Waals surface area contributed by atoms with Gasteiger partial charge in [-0.05, 0) is 49.7 Å². The van der Waals surface area contributed by atoms with E-state index in [1.54, 1.807) is 24.3 Å². The quantitative estimate of drug-likeness (QED) is 0.851. The Hall–Kier alpha value is -2.63. The van der Waals surface area contributed by atoms with Crippen LogP contribution >= 0.6 is 0 Å². The Kier molecular flexibility index (Phi) is 5.20. The third-order valence-corrected chi connectivity index (χ3v) is 6.16. The Morgan fingerprint density at radius 1 is 1.25 bits per heavy atom. The summed E-state index contributed by atoms with van der Waals surface area (Å²) in [6.07, 6.45) is 5.37. The summed E-state index contributed by atoms with van der Waals surface area (Å²) in [5.74, 6) is 0.705. The molecule has 4 rings (SSSR count). The van der Waals surface area contributed by atoms with Crippen LogP contribution < -0.4 is 16.1 Å². The topological polar surface area (TPSA) is 88.4 Å². The number of benzene rings is 1. The Morgan fingerprint density at radius 3 is 2.89 bits per heavy atom. The molecule has 2 aromatic rings. The van der Waals surface area contributed by atoms with Gasteiger partial charge in [0.05, 0.1) is 5.39 Å². The molecule has 4 unspecified atom stereocenters. The maximum absolute atomic E-state index is 12.7. The molecule has 148 valence electrons. The van der Waals surface area contributed by atoms with Gasteiger partial charge in [-0.2, -0.15) is 0 Å². The summed E-state index contributed by atoms with van der Waals surface area (Å²) in [5.41, 5.74) is 0.184. The fourth-order valence-electron chi connectivity index (χ4n) is 4.87. The molecule has 1 aromatic carbocycles. The lowest BCUT2D eigenvalue weighted by atomic mass is 9.70. The molecule has 2 N–H and O–H groups in total. The van der Waals surface area contributed by atoms with E-state index in [-0.39, 0.29) is 35.1 Å². The number of piperidine rings is 1. The van der Waals surface area contributed by atoms with E-state index in [4.69, 9.17) is 4.42 Å². The van der Waals surface area contributed by atoms with Crippen molar-refractivity contribution >= 4 is 22.8 Å². The van der Waals surface area contributed by atoms with E-state index in [0.29, 0.717) is 29.2 Å². The highest BCUT2D eigenvalue weighted by Gasteiger charge is 2.40. The Morgan fingerprint density at radius 2 is 2.07 bits per heavy atom. The van der Waals surface area contributed by atoms with E-state index in [2.05, 4.69) is 17.6 Å². The van der Waals surface area contributed by atoms with Crippen molar-refractivity contribution in [2.24, 2.45) is 11.8 Å². The van der Waals surface area contributed by atoms with E-state index < -0.39 is 0 Å². The third-order valence-electron chi connectivity index (χ3n) is 6.16. The van der Waals surface area contributed by atoms with E-state index >= 15 is 0 Å². The number of hydrogen-bond acceptors (Lipinski definition) is 4. The second-order valence-electron chi connectivity index (χ2n) is 8.05. The zero-order valence-corrected chi connectivity index (χ0v) is 16.1. The van der Waals surface area contributed by atoms with Crippen LogP contribution in [0.5, 0.6) is 0 Å². The molecule has 0 radical (unpaired) electrons. The molecule has 2 amide bonds. The molecule has 6 heteroatoms. The summed E-state index contributed by atoms with van der Waals surface area (Å²) in [7, 11) is 0. The van der Waals surface area contributed by atoms with Gasteiger partial charge in [-0.3, -0.25) is 14.4 Å². The number of fused-ring (bicyclic) bond motifs is 2. The first kappa shape index (κ1) is 18.7. The van der Waals surface area contributed by atoms with Gasteiger partial charge in [0.15, 0.2) is 11.2 Å². The first-order valence-corrected chi connectivity index (χ1v) is 10.2. The van der Waals surface area contributed by atoms with Crippen LogP contribution in [0.4, 0.5) is 0 Å². The molecule has 1 saturated carbocycles. The minimum Gasteiger partial charge on any atom is -0.451 e. The second-order valence-corrected chi connectivity index (χ2v) is 8.05. The molecule has 2 heterocycles. The predicted molar refractivity (Wildman–Crippen MR) is 106 cm³/mol. The van der Waals surface area contributed by atoms with Crippen LogP contribution in [0.1, 0.15) is 56.0 Å². The van der Waals surface area contributed by atoms with Gasteiger partial charge in [0.25, 0.3) is 5.91 Å². The lowest BCUT2D eigenvalue weighted by molar-refractivity contribution is -0.127. The highest BCUT2D eigenvalue weighted by atomic mass is 16.3. The largest absolute Gasteiger partial charge is 0.451 e. The molecule has 1 aromatic heterocycles. The summed E-state index contributed by atoms with van der Waals surface area (Å²) in [6, 6.07) is 8.23. The van der Waals surface area contributed by atoms with Gasteiger partial charge in [0.1, 0.15) is 5.58 Å². The molecule has 28 heavy (non-hydrogen) atoms. The minimum atomic E-state index is -0.376. The number of rotatable bonds is 4. The summed E-state index contributed by atoms with van der Waals surface area (Å²) in [5, 5.41) is 6.58. The number of carbonyl (C=O) groups excluding carboxylic acids is 2. The smallest absolute Gasteiger partial charge is 0.287 e. The fourth-order valence-corrected chi connectivity index (χ4v) is 4.87. The monoisotopic (exact) mass is 382 g/mol. The van der Waals surface area contributed by atoms with Crippen molar-refractivity contribution in [3.05, 3.63) is 46.3 Å². The van der Waals surface area contributed by atoms with Crippen LogP contribution in [0, 0.1) is 11.8 Å². The average Bonchev–Trinajstić information content (AvgIpc) is 2.68. The zero-order valence-electron chi connectivity index (χ0n) is 16.1. The number of nitrogens with one attached hydrogen (secondary N) is 2. The van der Waals surface area contributed by atoms with Crippen molar-refractivity contribution in [2.75, 3.05) is 0 Å². The van der Waals surface area contributed by atoms with Crippen LogP contribution in [0.25, 0.3) is 11.0 Å². The van der Waals surface area contributed by atoms with Gasteiger partial charge in [-0.1, -0.05) is 25.5 Å². The molecule has 2 fully saturated rings. The lowest BCUT2D eigenvalue weighted by Gasteiger charge is -2.44. The first-order valence-electron chi connectivity index (χ1n) is 10.2. The maximum atomic E-state index is 12.7. The van der Waals surface area contributed by atoms with Crippen LogP contribution in [0.15, 0.2) is 39.5 Å². The van der Waals surface area contributed by atoms with Crippen molar-refractivity contribution in [3.8, 4) is 0 Å². The third kappa shape index (κ3) is 3.68. The van der Waals surface area contributed by atoms with Crippen LogP contribution in [-0.2, 0) is 4.79 Å². The number of carbonyl (C=O) groups is 2. The van der Waals surface area contributed by atoms with E-state index in [1.165, 1.54) is 6.07 Å². The van der Waals surface area contributed by atoms with Crippen LogP contribution in [0.2, 0.25) is 0 Å². The molecule has 6 nitrogen and oxygen atoms in total. The zero-order chi connectivity index (χ0) is 19.7. The highest BCUT2D eigenvalue weighted by Crippen LogP contribution is 2.37. The summed E-state index contributed by atoms with van der Waals surface area (Å²) >= 11 is 0. The van der Waals surface area contributed by atoms with Gasteiger partial charge < -0.3 is 15.1 Å². The van der Waals surface area contributed by atoms with Crippen molar-refractivity contribution < 1.29 is 14.0 Å². The number of para-hydroxylation sites is 1. The Labute approximate surface area is 163 Å². The minimum absolute atomic E-state index is 0.0300. The first-order chi connectivity index (χ1) is 13.5. The highest BCUT2D eigenvalue weighted by molar-refractivity contribution is 5.93. The van der Waals surface area contributed by atoms with Gasteiger partial charge in [-0.25, -0.2) is 0 Å². The van der Waals surface area contributed by atoms with Gasteiger partial charge in [0, 0.05) is 24.6 Å². The predicted octanol–water partition coefficient (Wildman–Crippen LogP) is 3.00. The molecule has 0 bridgehead atoms. The molecular formula is C22H26N2O4. The summed E-state index contributed by atoms with van der Waals surface area (Å²) in [6.45, 7) is 2.16. The van der Waals surface area contributed by atoms with Crippen LogP contribution in [-0.4, -0.2) is 23.9 Å².